The summed E-state index contributed by atoms with van der Waals surface area (Å²) in [6.45, 7) is 9.94. The molecule has 0 heterocycles. The third-order valence-electron chi connectivity index (χ3n) is 3.32. The van der Waals surface area contributed by atoms with Gasteiger partial charge in [0.05, 0.1) is 12.1 Å². The third-order valence-corrected chi connectivity index (χ3v) is 3.32. The van der Waals surface area contributed by atoms with Gasteiger partial charge in [0.1, 0.15) is 0 Å². The summed E-state index contributed by atoms with van der Waals surface area (Å²) in [4.78, 5) is 13.6. The van der Waals surface area contributed by atoms with Gasteiger partial charge in [0.2, 0.25) is 6.08 Å². The van der Waals surface area contributed by atoms with Crippen molar-refractivity contribution in [3.05, 3.63) is 0 Å². The molecule has 0 aliphatic heterocycles. The van der Waals surface area contributed by atoms with Gasteiger partial charge in [0, 0.05) is 6.61 Å². The van der Waals surface area contributed by atoms with Crippen LogP contribution in [-0.2, 0) is 9.53 Å². The molecule has 0 spiro atoms. The molecule has 2 unspecified atom stereocenters. The maximum Gasteiger partial charge on any atom is 0.234 e. The van der Waals surface area contributed by atoms with Gasteiger partial charge in [-0.3, -0.25) is 0 Å². The quantitative estimate of drug-likeness (QED) is 0.447. The summed E-state index contributed by atoms with van der Waals surface area (Å²) in [7, 11) is 0. The van der Waals surface area contributed by atoms with E-state index in [0.717, 1.165) is 25.9 Å². The van der Waals surface area contributed by atoms with E-state index >= 15 is 0 Å². The van der Waals surface area contributed by atoms with Gasteiger partial charge in [-0.05, 0) is 32.1 Å². The molecule has 16 heavy (non-hydrogen) atoms. The lowest BCUT2D eigenvalue weighted by molar-refractivity contribution is -0.0430. The van der Waals surface area contributed by atoms with Gasteiger partial charge < -0.3 is 4.74 Å². The second-order valence-corrected chi connectivity index (χ2v) is 4.68. The second kappa shape index (κ2) is 8.49. The van der Waals surface area contributed by atoms with E-state index in [0.29, 0.717) is 12.5 Å². The van der Waals surface area contributed by atoms with Gasteiger partial charge in [0.15, 0.2) is 0 Å². The van der Waals surface area contributed by atoms with E-state index in [1.807, 2.05) is 0 Å². The molecule has 0 fully saturated rings. The minimum atomic E-state index is -0.145. The molecule has 3 heteroatoms. The molecule has 0 bridgehead atoms. The fourth-order valence-electron chi connectivity index (χ4n) is 1.40. The first-order valence-corrected chi connectivity index (χ1v) is 6.25. The Balaban J connectivity index is 3.90. The summed E-state index contributed by atoms with van der Waals surface area (Å²) in [5.41, 5.74) is -0.145. The summed E-state index contributed by atoms with van der Waals surface area (Å²) in [6.07, 6.45) is 5.60. The Morgan fingerprint density at radius 1 is 1.44 bits per heavy atom. The molecule has 0 aromatic carbocycles. The fourth-order valence-corrected chi connectivity index (χ4v) is 1.40. The third kappa shape index (κ3) is 6.76. The molecule has 0 saturated carbocycles. The zero-order valence-electron chi connectivity index (χ0n) is 11.1. The van der Waals surface area contributed by atoms with E-state index in [9.17, 15) is 4.79 Å². The van der Waals surface area contributed by atoms with Crippen molar-refractivity contribution in [2.24, 2.45) is 10.9 Å². The van der Waals surface area contributed by atoms with Crippen LogP contribution >= 0.6 is 0 Å². The van der Waals surface area contributed by atoms with E-state index in [-0.39, 0.29) is 5.60 Å². The van der Waals surface area contributed by atoms with Gasteiger partial charge in [0.25, 0.3) is 0 Å². The van der Waals surface area contributed by atoms with Gasteiger partial charge >= 0.3 is 0 Å². The SMILES string of the molecule is CCC(C)CCOC(C)(CC)CCN=C=O. The lowest BCUT2D eigenvalue weighted by Crippen LogP contribution is -2.29. The van der Waals surface area contributed by atoms with Crippen molar-refractivity contribution in [1.82, 2.24) is 0 Å². The largest absolute Gasteiger partial charge is 0.375 e. The highest BCUT2D eigenvalue weighted by Gasteiger charge is 2.22. The molecule has 0 aromatic heterocycles. The van der Waals surface area contributed by atoms with Crippen LogP contribution in [0.2, 0.25) is 0 Å². The average molecular weight is 227 g/mol. The Kier molecular flexibility index (Phi) is 8.14. The molecular weight excluding hydrogens is 202 g/mol. The van der Waals surface area contributed by atoms with Gasteiger partial charge in [-0.15, -0.1) is 0 Å². The van der Waals surface area contributed by atoms with Crippen LogP contribution in [0.4, 0.5) is 0 Å². The van der Waals surface area contributed by atoms with Crippen LogP contribution < -0.4 is 0 Å². The summed E-state index contributed by atoms with van der Waals surface area (Å²) in [5, 5.41) is 0. The van der Waals surface area contributed by atoms with E-state index in [1.165, 1.54) is 6.42 Å². The van der Waals surface area contributed by atoms with E-state index in [2.05, 4.69) is 32.7 Å². The summed E-state index contributed by atoms with van der Waals surface area (Å²) >= 11 is 0. The Bertz CT molecular complexity index is 224. The molecule has 3 nitrogen and oxygen atoms in total. The maximum absolute atomic E-state index is 9.99. The standard InChI is InChI=1S/C13H25NO2/c1-5-12(3)7-10-16-13(4,6-2)8-9-14-11-15/h12H,5-10H2,1-4H3. The number of hydrogen-bond acceptors (Lipinski definition) is 3. The van der Waals surface area contributed by atoms with Crippen molar-refractivity contribution in [3.8, 4) is 0 Å². The molecule has 0 aromatic rings. The molecule has 0 N–H and O–H groups in total. The maximum atomic E-state index is 9.99. The predicted octanol–water partition coefficient (Wildman–Crippen LogP) is 3.33. The summed E-state index contributed by atoms with van der Waals surface area (Å²) in [5.74, 6) is 0.717. The smallest absolute Gasteiger partial charge is 0.234 e. The molecule has 0 aliphatic rings. The van der Waals surface area contributed by atoms with Crippen molar-refractivity contribution < 1.29 is 9.53 Å². The van der Waals surface area contributed by atoms with Gasteiger partial charge in [-0.2, -0.15) is 0 Å². The van der Waals surface area contributed by atoms with Crippen LogP contribution in [-0.4, -0.2) is 24.8 Å². The average Bonchev–Trinajstić information content (AvgIpc) is 2.29. The van der Waals surface area contributed by atoms with Crippen LogP contribution in [0.25, 0.3) is 0 Å². The van der Waals surface area contributed by atoms with Crippen molar-refractivity contribution >= 4 is 6.08 Å². The first-order valence-electron chi connectivity index (χ1n) is 6.25. The Hall–Kier alpha value is -0.660. The van der Waals surface area contributed by atoms with E-state index < -0.39 is 0 Å². The predicted molar refractivity (Wildman–Crippen MR) is 66.3 cm³/mol. The topological polar surface area (TPSA) is 38.7 Å². The van der Waals surface area contributed by atoms with Crippen LogP contribution in [0.15, 0.2) is 4.99 Å². The minimum Gasteiger partial charge on any atom is -0.375 e. The summed E-state index contributed by atoms with van der Waals surface area (Å²) in [6, 6.07) is 0. The van der Waals surface area contributed by atoms with E-state index in [4.69, 9.17) is 4.74 Å². The molecule has 2 atom stereocenters. The lowest BCUT2D eigenvalue weighted by atomic mass is 9.98. The monoisotopic (exact) mass is 227 g/mol. The molecular formula is C13H25NO2. The number of carbonyl (C=O) groups excluding carboxylic acids is 1. The zero-order chi connectivity index (χ0) is 12.4. The second-order valence-electron chi connectivity index (χ2n) is 4.68. The van der Waals surface area contributed by atoms with Crippen LogP contribution in [0.5, 0.6) is 0 Å². The van der Waals surface area contributed by atoms with Crippen LogP contribution in [0, 0.1) is 5.92 Å². The van der Waals surface area contributed by atoms with Crippen molar-refractivity contribution in [1.29, 1.82) is 0 Å². The number of aliphatic imine (C=N–C) groups is 1. The van der Waals surface area contributed by atoms with Gasteiger partial charge in [-0.1, -0.05) is 27.2 Å². The summed E-state index contributed by atoms with van der Waals surface area (Å²) < 4.78 is 5.91. The molecule has 0 rings (SSSR count). The molecule has 0 aliphatic carbocycles. The zero-order valence-corrected chi connectivity index (χ0v) is 11.1. The highest BCUT2D eigenvalue weighted by Crippen LogP contribution is 2.21. The highest BCUT2D eigenvalue weighted by molar-refractivity contribution is 5.32. The number of ether oxygens (including phenoxy) is 1. The number of rotatable bonds is 9. The highest BCUT2D eigenvalue weighted by atomic mass is 16.5. The fraction of sp³-hybridized carbons (Fsp3) is 0.923. The molecule has 0 amide bonds. The molecule has 0 radical (unpaired) electrons. The first-order chi connectivity index (χ1) is 7.58. The van der Waals surface area contributed by atoms with Crippen molar-refractivity contribution in [2.45, 2.75) is 59.0 Å². The minimum absolute atomic E-state index is 0.145. The van der Waals surface area contributed by atoms with Gasteiger partial charge in [-0.25, -0.2) is 9.79 Å². The number of nitrogens with zero attached hydrogens (tertiary/aromatic N) is 1. The lowest BCUT2D eigenvalue weighted by Gasteiger charge is -2.28. The van der Waals surface area contributed by atoms with E-state index in [1.54, 1.807) is 6.08 Å². The first kappa shape index (κ1) is 15.3. The number of hydrogen-bond donors (Lipinski definition) is 0. The van der Waals surface area contributed by atoms with Crippen LogP contribution in [0.3, 0.4) is 0 Å². The normalized spacial score (nSPS) is 16.2. The van der Waals surface area contributed by atoms with Crippen LogP contribution in [0.1, 0.15) is 53.4 Å². The Morgan fingerprint density at radius 3 is 2.62 bits per heavy atom. The van der Waals surface area contributed by atoms with Crippen molar-refractivity contribution in [2.75, 3.05) is 13.2 Å². The van der Waals surface area contributed by atoms with Crippen molar-refractivity contribution in [3.63, 3.8) is 0 Å². The molecule has 0 saturated heterocycles. The number of isocyanates is 1. The molecule has 94 valence electrons. The Labute approximate surface area is 99.3 Å². The Morgan fingerprint density at radius 2 is 2.12 bits per heavy atom.